The molecule has 3 aromatic heterocycles. The van der Waals surface area contributed by atoms with E-state index in [-0.39, 0.29) is 17.2 Å². The van der Waals surface area contributed by atoms with Crippen molar-refractivity contribution >= 4 is 62.3 Å². The van der Waals surface area contributed by atoms with E-state index in [0.29, 0.717) is 26.3 Å². The number of fused-ring (bicyclic) bond motifs is 3. The molecule has 1 amide bonds. The van der Waals surface area contributed by atoms with E-state index in [2.05, 4.69) is 15.5 Å². The lowest BCUT2D eigenvalue weighted by molar-refractivity contribution is -0.113. The molecule has 0 saturated heterocycles. The third-order valence-corrected chi connectivity index (χ3v) is 5.83. The number of thiophene rings is 1. The number of nitrogens with one attached hydrogen (secondary N) is 1. The van der Waals surface area contributed by atoms with Crippen molar-refractivity contribution in [2.24, 2.45) is 7.05 Å². The summed E-state index contributed by atoms with van der Waals surface area (Å²) < 4.78 is 3.89. The average Bonchev–Trinajstić information content (AvgIpc) is 3.26. The summed E-state index contributed by atoms with van der Waals surface area (Å²) in [7, 11) is 1.66. The number of rotatable bonds is 4. The van der Waals surface area contributed by atoms with E-state index in [1.54, 1.807) is 35.7 Å². The summed E-state index contributed by atoms with van der Waals surface area (Å²) in [5.74, 6) is 0.444. The molecule has 3 heterocycles. The van der Waals surface area contributed by atoms with Crippen molar-refractivity contribution < 1.29 is 4.79 Å². The number of hydrogen-bond donors (Lipinski definition) is 1. The fraction of sp³-hybridized carbons (Fsp3) is 0.125. The summed E-state index contributed by atoms with van der Waals surface area (Å²) in [6, 6.07) is 8.76. The van der Waals surface area contributed by atoms with Crippen LogP contribution < -0.4 is 10.9 Å². The van der Waals surface area contributed by atoms with Gasteiger partial charge in [-0.2, -0.15) is 0 Å². The molecule has 0 atom stereocenters. The summed E-state index contributed by atoms with van der Waals surface area (Å²) >= 11 is 8.47. The lowest BCUT2D eigenvalue weighted by Gasteiger charge is -2.06. The molecule has 26 heavy (non-hydrogen) atoms. The van der Waals surface area contributed by atoms with Crippen LogP contribution in [0.25, 0.3) is 16.0 Å². The molecule has 132 valence electrons. The van der Waals surface area contributed by atoms with Crippen molar-refractivity contribution in [3.8, 4) is 0 Å². The first-order valence-electron chi connectivity index (χ1n) is 7.54. The SMILES string of the molecule is Cn1c(=O)c2sccc2n2c(SCC(=O)Nc3ccc(Cl)cc3)nnc12. The molecule has 0 radical (unpaired) electrons. The van der Waals surface area contributed by atoms with Crippen molar-refractivity contribution in [3.63, 3.8) is 0 Å². The van der Waals surface area contributed by atoms with Crippen LogP contribution in [0.5, 0.6) is 0 Å². The van der Waals surface area contributed by atoms with E-state index < -0.39 is 0 Å². The molecule has 10 heteroatoms. The standard InChI is InChI=1S/C16H12ClN5O2S2/c1-21-14(24)13-11(6-7-25-13)22-15(21)19-20-16(22)26-8-12(23)18-10-4-2-9(17)3-5-10/h2-7H,8H2,1H3,(H,18,23). The zero-order valence-electron chi connectivity index (χ0n) is 13.5. The number of nitrogens with zero attached hydrogens (tertiary/aromatic N) is 4. The van der Waals surface area contributed by atoms with Gasteiger partial charge in [-0.1, -0.05) is 23.4 Å². The molecule has 4 rings (SSSR count). The van der Waals surface area contributed by atoms with E-state index >= 15 is 0 Å². The number of anilines is 1. The van der Waals surface area contributed by atoms with Crippen LogP contribution in [0.4, 0.5) is 5.69 Å². The van der Waals surface area contributed by atoms with Gasteiger partial charge in [0.2, 0.25) is 11.7 Å². The van der Waals surface area contributed by atoms with Crippen molar-refractivity contribution in [3.05, 3.63) is 51.1 Å². The number of aryl methyl sites for hydroxylation is 1. The molecular weight excluding hydrogens is 394 g/mol. The highest BCUT2D eigenvalue weighted by Crippen LogP contribution is 2.24. The molecule has 0 aliphatic carbocycles. The highest BCUT2D eigenvalue weighted by Gasteiger charge is 2.16. The molecular formula is C16H12ClN5O2S2. The molecule has 0 fully saturated rings. The van der Waals surface area contributed by atoms with Gasteiger partial charge in [-0.05, 0) is 35.7 Å². The van der Waals surface area contributed by atoms with Gasteiger partial charge < -0.3 is 5.32 Å². The molecule has 4 aromatic rings. The Morgan fingerprint density at radius 3 is 2.81 bits per heavy atom. The highest BCUT2D eigenvalue weighted by molar-refractivity contribution is 7.99. The average molecular weight is 406 g/mol. The Balaban J connectivity index is 1.59. The topological polar surface area (TPSA) is 81.3 Å². The Kier molecular flexibility index (Phi) is 4.43. The van der Waals surface area contributed by atoms with Gasteiger partial charge in [-0.25, -0.2) is 0 Å². The predicted molar refractivity (Wildman–Crippen MR) is 104 cm³/mol. The Hall–Kier alpha value is -2.36. The van der Waals surface area contributed by atoms with E-state index in [1.807, 2.05) is 11.4 Å². The van der Waals surface area contributed by atoms with Crippen LogP contribution in [0.15, 0.2) is 45.7 Å². The number of carbonyl (C=O) groups is 1. The van der Waals surface area contributed by atoms with Crippen LogP contribution in [-0.4, -0.2) is 30.8 Å². The second kappa shape index (κ2) is 6.75. The number of hydrogen-bond acceptors (Lipinski definition) is 6. The Bertz CT molecular complexity index is 1180. The maximum atomic E-state index is 12.3. The first-order valence-corrected chi connectivity index (χ1v) is 9.78. The van der Waals surface area contributed by atoms with Crippen LogP contribution in [0.1, 0.15) is 0 Å². The predicted octanol–water partition coefficient (Wildman–Crippen LogP) is 3.03. The lowest BCUT2D eigenvalue weighted by atomic mass is 10.3. The minimum absolute atomic E-state index is 0.105. The Labute approximate surface area is 160 Å². The van der Waals surface area contributed by atoms with Gasteiger partial charge in [-0.3, -0.25) is 18.6 Å². The molecule has 0 spiro atoms. The molecule has 0 aliphatic rings. The smallest absolute Gasteiger partial charge is 0.272 e. The number of halogens is 1. The minimum atomic E-state index is -0.166. The third kappa shape index (κ3) is 2.98. The fourth-order valence-corrected chi connectivity index (χ4v) is 4.24. The quantitative estimate of drug-likeness (QED) is 0.528. The van der Waals surface area contributed by atoms with Crippen LogP contribution in [0.2, 0.25) is 5.02 Å². The zero-order valence-corrected chi connectivity index (χ0v) is 15.9. The molecule has 1 N–H and O–H groups in total. The highest BCUT2D eigenvalue weighted by atomic mass is 35.5. The Morgan fingerprint density at radius 1 is 1.27 bits per heavy atom. The van der Waals surface area contributed by atoms with Crippen LogP contribution in [-0.2, 0) is 11.8 Å². The summed E-state index contributed by atoms with van der Waals surface area (Å²) in [6.07, 6.45) is 0. The first-order chi connectivity index (χ1) is 12.5. The number of aromatic nitrogens is 4. The molecule has 1 aromatic carbocycles. The van der Waals surface area contributed by atoms with Crippen molar-refractivity contribution in [2.75, 3.05) is 11.1 Å². The minimum Gasteiger partial charge on any atom is -0.325 e. The van der Waals surface area contributed by atoms with Crippen molar-refractivity contribution in [2.45, 2.75) is 5.16 Å². The van der Waals surface area contributed by atoms with E-state index in [1.165, 1.54) is 27.7 Å². The van der Waals surface area contributed by atoms with Gasteiger partial charge in [0.05, 0.1) is 11.3 Å². The first kappa shape index (κ1) is 17.1. The molecule has 7 nitrogen and oxygen atoms in total. The van der Waals surface area contributed by atoms with Crippen LogP contribution >= 0.6 is 34.7 Å². The zero-order chi connectivity index (χ0) is 18.3. The van der Waals surface area contributed by atoms with E-state index in [9.17, 15) is 9.59 Å². The van der Waals surface area contributed by atoms with E-state index in [0.717, 1.165) is 5.52 Å². The van der Waals surface area contributed by atoms with Crippen molar-refractivity contribution in [1.82, 2.24) is 19.2 Å². The van der Waals surface area contributed by atoms with Gasteiger partial charge in [0, 0.05) is 17.8 Å². The number of thioether (sulfide) groups is 1. The van der Waals surface area contributed by atoms with Gasteiger partial charge in [0.1, 0.15) is 4.70 Å². The molecule has 0 unspecified atom stereocenters. The molecule has 0 bridgehead atoms. The maximum Gasteiger partial charge on any atom is 0.272 e. The van der Waals surface area contributed by atoms with Crippen LogP contribution in [0.3, 0.4) is 0 Å². The van der Waals surface area contributed by atoms with Crippen molar-refractivity contribution in [1.29, 1.82) is 0 Å². The molecule has 0 aliphatic heterocycles. The summed E-state index contributed by atoms with van der Waals surface area (Å²) in [6.45, 7) is 0. The lowest BCUT2D eigenvalue weighted by Crippen LogP contribution is -2.19. The normalized spacial score (nSPS) is 11.3. The molecule has 0 saturated carbocycles. The fourth-order valence-electron chi connectivity index (χ4n) is 2.53. The van der Waals surface area contributed by atoms with Gasteiger partial charge in [-0.15, -0.1) is 21.5 Å². The summed E-state index contributed by atoms with van der Waals surface area (Å²) in [4.78, 5) is 24.5. The number of benzene rings is 1. The monoisotopic (exact) mass is 405 g/mol. The maximum absolute atomic E-state index is 12.3. The second-order valence-corrected chi connectivity index (χ2v) is 7.76. The van der Waals surface area contributed by atoms with E-state index in [4.69, 9.17) is 11.6 Å². The summed E-state index contributed by atoms with van der Waals surface area (Å²) in [5, 5.41) is 14.1. The second-order valence-electron chi connectivity index (χ2n) is 5.46. The Morgan fingerprint density at radius 2 is 2.04 bits per heavy atom. The third-order valence-electron chi connectivity index (χ3n) is 3.76. The van der Waals surface area contributed by atoms with Gasteiger partial charge >= 0.3 is 0 Å². The number of amides is 1. The van der Waals surface area contributed by atoms with Gasteiger partial charge in [0.15, 0.2) is 5.16 Å². The number of carbonyl (C=O) groups excluding carboxylic acids is 1. The van der Waals surface area contributed by atoms with Gasteiger partial charge in [0.25, 0.3) is 5.56 Å². The largest absolute Gasteiger partial charge is 0.325 e. The van der Waals surface area contributed by atoms with Crippen LogP contribution in [0, 0.1) is 0 Å². The summed E-state index contributed by atoms with van der Waals surface area (Å²) in [5.41, 5.74) is 1.32.